The quantitative estimate of drug-likeness (QED) is 0.363. The van der Waals surface area contributed by atoms with Gasteiger partial charge in [-0.15, -0.1) is 23.1 Å². The van der Waals surface area contributed by atoms with Crippen LogP contribution < -0.4 is 10.6 Å². The summed E-state index contributed by atoms with van der Waals surface area (Å²) < 4.78 is 0. The van der Waals surface area contributed by atoms with Gasteiger partial charge >= 0.3 is 11.9 Å². The molecule has 2 amide bonds. The molecule has 0 aliphatic rings. The summed E-state index contributed by atoms with van der Waals surface area (Å²) in [6, 6.07) is 9.94. The highest BCUT2D eigenvalue weighted by Crippen LogP contribution is 2.22. The largest absolute Gasteiger partial charge is 0.478 e. The van der Waals surface area contributed by atoms with Crippen molar-refractivity contribution in [1.29, 1.82) is 0 Å². The van der Waals surface area contributed by atoms with Gasteiger partial charge in [-0.1, -0.05) is 0 Å². The van der Waals surface area contributed by atoms with E-state index in [1.807, 2.05) is 12.3 Å². The molecule has 3 rings (SSSR count). The number of thiazole rings is 1. The van der Waals surface area contributed by atoms with Crippen molar-refractivity contribution in [2.45, 2.75) is 11.8 Å². The molecule has 0 fully saturated rings. The number of aromatic carboxylic acids is 2. The fourth-order valence-corrected chi connectivity index (χ4v) is 4.00. The van der Waals surface area contributed by atoms with Gasteiger partial charge in [0.2, 0.25) is 5.91 Å². The van der Waals surface area contributed by atoms with Crippen LogP contribution in [0.3, 0.4) is 0 Å². The molecule has 0 aliphatic carbocycles. The Morgan fingerprint density at radius 2 is 1.69 bits per heavy atom. The molecule has 0 saturated carbocycles. The number of carboxylic acids is 2. The average Bonchev–Trinajstić information content (AvgIpc) is 3.17. The molecule has 0 atom stereocenters. The fraction of sp³-hybridized carbons (Fsp3) is 0.0952. The molecule has 4 N–H and O–H groups in total. The number of nitrogens with zero attached hydrogens (tertiary/aromatic N) is 1. The summed E-state index contributed by atoms with van der Waals surface area (Å²) in [5, 5.41) is 26.0. The van der Waals surface area contributed by atoms with Gasteiger partial charge in [0.25, 0.3) is 5.91 Å². The molecule has 3 aromatic rings. The van der Waals surface area contributed by atoms with Crippen LogP contribution in [0.15, 0.2) is 52.7 Å². The van der Waals surface area contributed by atoms with Gasteiger partial charge in [-0.2, -0.15) is 0 Å². The maximum atomic E-state index is 12.5. The molecule has 0 bridgehead atoms. The van der Waals surface area contributed by atoms with E-state index in [-0.39, 0.29) is 22.8 Å². The molecule has 1 aromatic heterocycles. The number of aromatic nitrogens is 1. The van der Waals surface area contributed by atoms with Gasteiger partial charge in [0.05, 0.1) is 28.1 Å². The minimum atomic E-state index is -1.41. The molecule has 0 radical (unpaired) electrons. The van der Waals surface area contributed by atoms with Gasteiger partial charge in [-0.3, -0.25) is 9.59 Å². The van der Waals surface area contributed by atoms with Gasteiger partial charge in [0.1, 0.15) is 0 Å². The number of carboxylic acid groups (broad SMARTS) is 2. The van der Waals surface area contributed by atoms with Crippen molar-refractivity contribution in [3.63, 3.8) is 0 Å². The highest BCUT2D eigenvalue weighted by atomic mass is 32.2. The maximum Gasteiger partial charge on any atom is 0.336 e. The number of thioether (sulfide) groups is 1. The summed E-state index contributed by atoms with van der Waals surface area (Å²) in [6.07, 6.45) is 0. The van der Waals surface area contributed by atoms with Crippen molar-refractivity contribution in [1.82, 2.24) is 4.98 Å². The molecule has 164 valence electrons. The molecular formula is C21H17N3O6S2. The van der Waals surface area contributed by atoms with Crippen LogP contribution in [0.4, 0.5) is 10.8 Å². The van der Waals surface area contributed by atoms with E-state index in [9.17, 15) is 24.3 Å². The number of nitrogens with one attached hydrogen (secondary N) is 2. The lowest BCUT2D eigenvalue weighted by molar-refractivity contribution is -0.113. The van der Waals surface area contributed by atoms with Crippen LogP contribution in [0.25, 0.3) is 0 Å². The maximum absolute atomic E-state index is 12.5. The number of anilines is 2. The zero-order chi connectivity index (χ0) is 23.3. The zero-order valence-electron chi connectivity index (χ0n) is 16.6. The summed E-state index contributed by atoms with van der Waals surface area (Å²) in [5.41, 5.74) is 0.463. The Morgan fingerprint density at radius 3 is 2.28 bits per heavy atom. The second kappa shape index (κ2) is 10.1. The van der Waals surface area contributed by atoms with E-state index in [0.717, 1.165) is 22.7 Å². The first-order valence-corrected chi connectivity index (χ1v) is 11.0. The number of aryl methyl sites for hydroxylation is 1. The average molecular weight is 472 g/mol. The number of benzene rings is 2. The van der Waals surface area contributed by atoms with Crippen LogP contribution in [-0.4, -0.2) is 44.7 Å². The van der Waals surface area contributed by atoms with Gasteiger partial charge in [-0.25, -0.2) is 14.6 Å². The number of amides is 2. The van der Waals surface area contributed by atoms with Crippen molar-refractivity contribution in [3.05, 3.63) is 70.2 Å². The van der Waals surface area contributed by atoms with Gasteiger partial charge < -0.3 is 20.8 Å². The van der Waals surface area contributed by atoms with Gasteiger partial charge in [0, 0.05) is 16.0 Å². The summed E-state index contributed by atoms with van der Waals surface area (Å²) in [5.74, 6) is -3.38. The van der Waals surface area contributed by atoms with Crippen LogP contribution in [-0.2, 0) is 4.79 Å². The molecule has 32 heavy (non-hydrogen) atoms. The van der Waals surface area contributed by atoms with Crippen molar-refractivity contribution >= 4 is 57.7 Å². The first-order valence-electron chi connectivity index (χ1n) is 9.10. The Balaban J connectivity index is 1.60. The van der Waals surface area contributed by atoms with Gasteiger partial charge in [0.15, 0.2) is 5.13 Å². The highest BCUT2D eigenvalue weighted by Gasteiger charge is 2.19. The zero-order valence-corrected chi connectivity index (χ0v) is 18.3. The van der Waals surface area contributed by atoms with Crippen LogP contribution in [0.2, 0.25) is 0 Å². The third kappa shape index (κ3) is 5.93. The Labute approximate surface area is 190 Å². The minimum Gasteiger partial charge on any atom is -0.478 e. The van der Waals surface area contributed by atoms with Crippen LogP contribution in [0, 0.1) is 6.92 Å². The lowest BCUT2D eigenvalue weighted by atomic mass is 10.0. The van der Waals surface area contributed by atoms with Gasteiger partial charge in [-0.05, 0) is 49.4 Å². The van der Waals surface area contributed by atoms with E-state index < -0.39 is 23.4 Å². The molecule has 0 saturated heterocycles. The van der Waals surface area contributed by atoms with Crippen molar-refractivity contribution in [2.24, 2.45) is 0 Å². The second-order valence-corrected chi connectivity index (χ2v) is 8.39. The number of rotatable bonds is 8. The van der Waals surface area contributed by atoms with Crippen molar-refractivity contribution in [3.8, 4) is 0 Å². The molecule has 1 heterocycles. The van der Waals surface area contributed by atoms with Crippen molar-refractivity contribution in [2.75, 3.05) is 16.4 Å². The Hall–Kier alpha value is -3.70. The normalized spacial score (nSPS) is 10.4. The predicted molar refractivity (Wildman–Crippen MR) is 121 cm³/mol. The summed E-state index contributed by atoms with van der Waals surface area (Å²) in [6.45, 7) is 1.84. The summed E-state index contributed by atoms with van der Waals surface area (Å²) in [7, 11) is 0. The highest BCUT2D eigenvalue weighted by molar-refractivity contribution is 8.00. The molecule has 0 unspecified atom stereocenters. The van der Waals surface area contributed by atoms with E-state index in [1.165, 1.54) is 29.2 Å². The molecule has 2 aromatic carbocycles. The van der Waals surface area contributed by atoms with Crippen LogP contribution in [0.1, 0.15) is 36.8 Å². The number of hydrogen-bond acceptors (Lipinski definition) is 7. The molecule has 9 nitrogen and oxygen atoms in total. The third-order valence-corrected chi connectivity index (χ3v) is 5.98. The SMILES string of the molecule is Cc1csc(NC(=O)CSc2ccc(NC(=O)c3ccc(C(=O)O)cc3C(=O)O)cc2)n1. The standard InChI is InChI=1S/C21H17N3O6S2/c1-11-9-32-21(22-11)24-17(25)10-31-14-5-3-13(4-6-14)23-18(26)15-7-2-12(19(27)28)8-16(15)20(29)30/h2-9H,10H2,1H3,(H,23,26)(H,27,28)(H,29,30)(H,22,24,25). The number of carbonyl (C=O) groups excluding carboxylic acids is 2. The third-order valence-electron chi connectivity index (χ3n) is 4.09. The molecule has 0 spiro atoms. The lowest BCUT2D eigenvalue weighted by Gasteiger charge is -2.09. The monoisotopic (exact) mass is 471 g/mol. The predicted octanol–water partition coefficient (Wildman–Crippen LogP) is 3.83. The first-order chi connectivity index (χ1) is 15.2. The first kappa shape index (κ1) is 23.0. The van der Waals surface area contributed by atoms with E-state index in [2.05, 4.69) is 15.6 Å². The summed E-state index contributed by atoms with van der Waals surface area (Å²) in [4.78, 5) is 52.0. The second-order valence-electron chi connectivity index (χ2n) is 6.48. The van der Waals surface area contributed by atoms with E-state index in [0.29, 0.717) is 10.8 Å². The summed E-state index contributed by atoms with van der Waals surface area (Å²) >= 11 is 2.66. The molecule has 0 aliphatic heterocycles. The van der Waals surface area contributed by atoms with Crippen LogP contribution >= 0.6 is 23.1 Å². The Kier molecular flexibility index (Phi) is 7.23. The van der Waals surface area contributed by atoms with Crippen molar-refractivity contribution < 1.29 is 29.4 Å². The Morgan fingerprint density at radius 1 is 0.969 bits per heavy atom. The smallest absolute Gasteiger partial charge is 0.336 e. The minimum absolute atomic E-state index is 0.157. The number of carbonyl (C=O) groups is 4. The fourth-order valence-electron chi connectivity index (χ4n) is 2.60. The topological polar surface area (TPSA) is 146 Å². The van der Waals surface area contributed by atoms with Crippen LogP contribution in [0.5, 0.6) is 0 Å². The number of hydrogen-bond donors (Lipinski definition) is 4. The van der Waals surface area contributed by atoms with E-state index in [4.69, 9.17) is 5.11 Å². The van der Waals surface area contributed by atoms with E-state index >= 15 is 0 Å². The van der Waals surface area contributed by atoms with E-state index in [1.54, 1.807) is 24.3 Å². The molecular weight excluding hydrogens is 454 g/mol. The Bertz CT molecular complexity index is 1190. The molecule has 11 heteroatoms. The lowest BCUT2D eigenvalue weighted by Crippen LogP contribution is -2.17.